The van der Waals surface area contributed by atoms with Gasteiger partial charge in [0, 0.05) is 71.6 Å². The number of guanidine groups is 1. The number of hydrogen-bond donors (Lipinski definition) is 2. The Morgan fingerprint density at radius 2 is 1.86 bits per heavy atom. The number of anilines is 1. The third-order valence-electron chi connectivity index (χ3n) is 5.75. The second-order valence-corrected chi connectivity index (χ2v) is 8.14. The van der Waals surface area contributed by atoms with Crippen LogP contribution < -0.4 is 15.5 Å². The molecule has 0 bridgehead atoms. The van der Waals surface area contributed by atoms with E-state index in [2.05, 4.69) is 82.3 Å². The highest BCUT2D eigenvalue weighted by molar-refractivity contribution is 5.79. The fraction of sp³-hybridized carbons (Fsp3) is 0.696. The molecule has 0 amide bonds. The summed E-state index contributed by atoms with van der Waals surface area (Å²) in [6, 6.07) is 8.71. The zero-order valence-electron chi connectivity index (χ0n) is 19.2. The molecule has 1 saturated heterocycles. The highest BCUT2D eigenvalue weighted by atomic mass is 15.3. The van der Waals surface area contributed by atoms with Crippen molar-refractivity contribution in [2.45, 2.75) is 27.7 Å². The maximum atomic E-state index is 4.39. The highest BCUT2D eigenvalue weighted by Crippen LogP contribution is 2.15. The molecule has 0 aliphatic carbocycles. The first-order valence-corrected chi connectivity index (χ1v) is 11.3. The molecule has 6 nitrogen and oxygen atoms in total. The molecule has 2 rings (SSSR count). The Hall–Kier alpha value is -1.79. The molecule has 1 atom stereocenters. The van der Waals surface area contributed by atoms with Gasteiger partial charge in [-0.3, -0.25) is 4.99 Å². The van der Waals surface area contributed by atoms with E-state index in [-0.39, 0.29) is 0 Å². The maximum absolute atomic E-state index is 4.39. The van der Waals surface area contributed by atoms with Gasteiger partial charge in [0.15, 0.2) is 5.96 Å². The van der Waals surface area contributed by atoms with Gasteiger partial charge in [-0.1, -0.05) is 26.0 Å². The first kappa shape index (κ1) is 23.5. The Labute approximate surface area is 178 Å². The van der Waals surface area contributed by atoms with Crippen molar-refractivity contribution in [2.75, 3.05) is 77.4 Å². The predicted molar refractivity (Wildman–Crippen MR) is 126 cm³/mol. The summed E-state index contributed by atoms with van der Waals surface area (Å²) in [5.74, 6) is 1.49. The quantitative estimate of drug-likeness (QED) is 0.464. The standard InChI is InChI=1S/C23H42N6/c1-6-27-13-15-28(16-14-27)19-21(4)18-26-23(24-5)25-11-12-29(7-2)22-10-8-9-20(3)17-22/h8-10,17,21H,6-7,11-16,18-19H2,1-5H3,(H2,24,25,26). The van der Waals surface area contributed by atoms with Gasteiger partial charge in [-0.05, 0) is 44.0 Å². The molecular formula is C23H42N6. The molecule has 0 saturated carbocycles. The minimum Gasteiger partial charge on any atom is -0.370 e. The van der Waals surface area contributed by atoms with Crippen LogP contribution in [0.1, 0.15) is 26.3 Å². The molecule has 164 valence electrons. The van der Waals surface area contributed by atoms with E-state index in [4.69, 9.17) is 0 Å². The second kappa shape index (κ2) is 12.7. The van der Waals surface area contributed by atoms with Gasteiger partial charge in [0.05, 0.1) is 0 Å². The Morgan fingerprint density at radius 3 is 2.48 bits per heavy atom. The van der Waals surface area contributed by atoms with Crippen molar-refractivity contribution in [3.05, 3.63) is 29.8 Å². The van der Waals surface area contributed by atoms with Crippen LogP contribution in [0.3, 0.4) is 0 Å². The lowest BCUT2D eigenvalue weighted by molar-refractivity contribution is 0.124. The number of nitrogens with zero attached hydrogens (tertiary/aromatic N) is 4. The molecule has 6 heteroatoms. The van der Waals surface area contributed by atoms with E-state index in [0.717, 1.165) is 38.7 Å². The average molecular weight is 403 g/mol. The zero-order chi connectivity index (χ0) is 21.1. The number of benzene rings is 1. The fourth-order valence-electron chi connectivity index (χ4n) is 3.89. The third-order valence-corrected chi connectivity index (χ3v) is 5.75. The molecule has 0 aromatic heterocycles. The lowest BCUT2D eigenvalue weighted by Crippen LogP contribution is -2.49. The molecule has 1 heterocycles. The number of aliphatic imine (C=N–C) groups is 1. The van der Waals surface area contributed by atoms with Crippen molar-refractivity contribution in [3.8, 4) is 0 Å². The summed E-state index contributed by atoms with van der Waals surface area (Å²) >= 11 is 0. The first-order chi connectivity index (χ1) is 14.0. The van der Waals surface area contributed by atoms with Crippen molar-refractivity contribution in [1.82, 2.24) is 20.4 Å². The number of nitrogens with one attached hydrogen (secondary N) is 2. The Balaban J connectivity index is 1.68. The summed E-state index contributed by atoms with van der Waals surface area (Å²) in [5.41, 5.74) is 2.59. The molecule has 1 aliphatic heterocycles. The van der Waals surface area contributed by atoms with Crippen LogP contribution in [0.5, 0.6) is 0 Å². The predicted octanol–water partition coefficient (Wildman–Crippen LogP) is 2.26. The third kappa shape index (κ3) is 8.23. The van der Waals surface area contributed by atoms with E-state index in [1.165, 1.54) is 44.0 Å². The summed E-state index contributed by atoms with van der Waals surface area (Å²) in [6.07, 6.45) is 0. The molecule has 1 unspecified atom stereocenters. The van der Waals surface area contributed by atoms with E-state index in [0.29, 0.717) is 5.92 Å². The van der Waals surface area contributed by atoms with Crippen molar-refractivity contribution in [3.63, 3.8) is 0 Å². The van der Waals surface area contributed by atoms with E-state index in [9.17, 15) is 0 Å². The van der Waals surface area contributed by atoms with Gasteiger partial charge in [0.2, 0.25) is 0 Å². The van der Waals surface area contributed by atoms with Gasteiger partial charge in [-0.25, -0.2) is 0 Å². The minimum absolute atomic E-state index is 0.598. The van der Waals surface area contributed by atoms with Gasteiger partial charge in [0.25, 0.3) is 0 Å². The minimum atomic E-state index is 0.598. The average Bonchev–Trinajstić information content (AvgIpc) is 2.74. The Kier molecular flexibility index (Phi) is 10.3. The van der Waals surface area contributed by atoms with Gasteiger partial charge < -0.3 is 25.3 Å². The van der Waals surface area contributed by atoms with Crippen molar-refractivity contribution in [2.24, 2.45) is 10.9 Å². The molecule has 0 radical (unpaired) electrons. The fourth-order valence-corrected chi connectivity index (χ4v) is 3.89. The summed E-state index contributed by atoms with van der Waals surface area (Å²) in [7, 11) is 1.85. The van der Waals surface area contributed by atoms with Crippen LogP contribution in [-0.4, -0.2) is 88.3 Å². The van der Waals surface area contributed by atoms with Crippen LogP contribution in [0.4, 0.5) is 5.69 Å². The topological polar surface area (TPSA) is 46.1 Å². The zero-order valence-corrected chi connectivity index (χ0v) is 19.2. The molecule has 2 N–H and O–H groups in total. The smallest absolute Gasteiger partial charge is 0.191 e. The molecule has 1 aromatic carbocycles. The second-order valence-electron chi connectivity index (χ2n) is 8.14. The van der Waals surface area contributed by atoms with Crippen LogP contribution >= 0.6 is 0 Å². The lowest BCUT2D eigenvalue weighted by Gasteiger charge is -2.35. The van der Waals surface area contributed by atoms with Gasteiger partial charge in [-0.15, -0.1) is 0 Å². The molecule has 1 aromatic rings. The van der Waals surface area contributed by atoms with Crippen LogP contribution in [0, 0.1) is 12.8 Å². The molecule has 1 aliphatic rings. The van der Waals surface area contributed by atoms with Crippen LogP contribution in [0.2, 0.25) is 0 Å². The molecular weight excluding hydrogens is 360 g/mol. The van der Waals surface area contributed by atoms with E-state index in [1.807, 2.05) is 7.05 Å². The van der Waals surface area contributed by atoms with Crippen molar-refractivity contribution in [1.29, 1.82) is 0 Å². The van der Waals surface area contributed by atoms with Gasteiger partial charge in [-0.2, -0.15) is 0 Å². The van der Waals surface area contributed by atoms with Crippen LogP contribution in [0.15, 0.2) is 29.3 Å². The first-order valence-electron chi connectivity index (χ1n) is 11.3. The highest BCUT2D eigenvalue weighted by Gasteiger charge is 2.17. The number of rotatable bonds is 10. The summed E-state index contributed by atoms with van der Waals surface area (Å²) < 4.78 is 0. The largest absolute Gasteiger partial charge is 0.370 e. The Bertz CT molecular complexity index is 609. The molecule has 1 fully saturated rings. The normalized spacial score (nSPS) is 17.2. The van der Waals surface area contributed by atoms with E-state index < -0.39 is 0 Å². The summed E-state index contributed by atoms with van der Waals surface area (Å²) in [6.45, 7) is 19.8. The lowest BCUT2D eigenvalue weighted by atomic mass is 10.1. The Morgan fingerprint density at radius 1 is 1.14 bits per heavy atom. The van der Waals surface area contributed by atoms with Crippen molar-refractivity contribution < 1.29 is 0 Å². The van der Waals surface area contributed by atoms with Gasteiger partial charge in [0.1, 0.15) is 0 Å². The SMILES string of the molecule is CCN1CCN(CC(C)CNC(=NC)NCCN(CC)c2cccc(C)c2)CC1. The van der Waals surface area contributed by atoms with E-state index >= 15 is 0 Å². The summed E-state index contributed by atoms with van der Waals surface area (Å²) in [5, 5.41) is 6.97. The summed E-state index contributed by atoms with van der Waals surface area (Å²) in [4.78, 5) is 11.9. The number of piperazine rings is 1. The number of hydrogen-bond acceptors (Lipinski definition) is 4. The number of aryl methyl sites for hydroxylation is 1. The van der Waals surface area contributed by atoms with Crippen LogP contribution in [-0.2, 0) is 0 Å². The van der Waals surface area contributed by atoms with Gasteiger partial charge >= 0.3 is 0 Å². The molecule has 0 spiro atoms. The van der Waals surface area contributed by atoms with Crippen LogP contribution in [0.25, 0.3) is 0 Å². The molecule has 29 heavy (non-hydrogen) atoms. The maximum Gasteiger partial charge on any atom is 0.191 e. The number of likely N-dealkylation sites (N-methyl/N-ethyl adjacent to an activating group) is 2. The van der Waals surface area contributed by atoms with Crippen molar-refractivity contribution >= 4 is 11.6 Å². The van der Waals surface area contributed by atoms with E-state index in [1.54, 1.807) is 0 Å². The monoisotopic (exact) mass is 402 g/mol.